The van der Waals surface area contributed by atoms with Crippen molar-refractivity contribution in [2.75, 3.05) is 13.1 Å². The lowest BCUT2D eigenvalue weighted by atomic mass is 9.85. The molecule has 2 fully saturated rings. The highest BCUT2D eigenvalue weighted by Crippen LogP contribution is 2.34. The van der Waals surface area contributed by atoms with Crippen LogP contribution in [0.15, 0.2) is 28.8 Å². The molecule has 0 radical (unpaired) electrons. The first-order valence-corrected chi connectivity index (χ1v) is 8.95. The van der Waals surface area contributed by atoms with Crippen molar-refractivity contribution < 1.29 is 14.3 Å². The third kappa shape index (κ3) is 4.11. The smallest absolute Gasteiger partial charge is 0.317 e. The van der Waals surface area contributed by atoms with Gasteiger partial charge in [-0.05, 0) is 49.8 Å². The summed E-state index contributed by atoms with van der Waals surface area (Å²) < 4.78 is 5.81. The number of carbonyl (C=O) groups is 1. The molecule has 0 atom stereocenters. The number of aromatic nitrogens is 2. The van der Waals surface area contributed by atoms with E-state index >= 15 is 0 Å². The summed E-state index contributed by atoms with van der Waals surface area (Å²) >= 11 is 0. The molecule has 2 saturated carbocycles. The quantitative estimate of drug-likeness (QED) is 0.645. The van der Waals surface area contributed by atoms with Gasteiger partial charge in [-0.15, -0.1) is 0 Å². The molecule has 25 heavy (non-hydrogen) atoms. The Hall–Kier alpha value is -2.12. The predicted octanol–water partition coefficient (Wildman–Crippen LogP) is 2.09. The molecule has 0 bridgehead atoms. The highest BCUT2D eigenvalue weighted by molar-refractivity contribution is 5.69. The van der Waals surface area contributed by atoms with Crippen molar-refractivity contribution in [3.63, 3.8) is 0 Å². The summed E-state index contributed by atoms with van der Waals surface area (Å²) in [5.41, 5.74) is 0.874. The summed E-state index contributed by atoms with van der Waals surface area (Å²) in [6.45, 7) is 1.79. The molecule has 2 aromatic heterocycles. The van der Waals surface area contributed by atoms with Gasteiger partial charge in [-0.25, -0.2) is 0 Å². The normalized spacial score (nSPS) is 22.9. The van der Waals surface area contributed by atoms with Gasteiger partial charge in [-0.1, -0.05) is 0 Å². The minimum absolute atomic E-state index is 0.166. The van der Waals surface area contributed by atoms with Crippen molar-refractivity contribution >= 4 is 5.97 Å². The maximum absolute atomic E-state index is 11.1. The van der Waals surface area contributed by atoms with Gasteiger partial charge < -0.3 is 14.8 Å². The SMILES string of the molecule is O=C(O)CN(CC1CC1)C1CC(NCc2ccc(-c3ccn[nH]3)o2)C1. The van der Waals surface area contributed by atoms with Crippen LogP contribution in [0.25, 0.3) is 11.5 Å². The van der Waals surface area contributed by atoms with E-state index in [9.17, 15) is 4.79 Å². The maximum Gasteiger partial charge on any atom is 0.317 e. The number of nitrogens with one attached hydrogen (secondary N) is 2. The second-order valence-electron chi connectivity index (χ2n) is 7.21. The van der Waals surface area contributed by atoms with Crippen molar-refractivity contribution in [1.82, 2.24) is 20.4 Å². The van der Waals surface area contributed by atoms with E-state index in [0.29, 0.717) is 18.6 Å². The van der Waals surface area contributed by atoms with Crippen LogP contribution in [-0.4, -0.2) is 51.3 Å². The molecule has 134 valence electrons. The molecule has 0 amide bonds. The summed E-state index contributed by atoms with van der Waals surface area (Å²) in [5, 5.41) is 19.4. The number of nitrogens with zero attached hydrogens (tertiary/aromatic N) is 2. The van der Waals surface area contributed by atoms with E-state index in [1.807, 2.05) is 18.2 Å². The lowest BCUT2D eigenvalue weighted by molar-refractivity contribution is -0.139. The van der Waals surface area contributed by atoms with E-state index in [2.05, 4.69) is 20.4 Å². The van der Waals surface area contributed by atoms with Crippen LogP contribution in [-0.2, 0) is 11.3 Å². The number of carboxylic acids is 1. The monoisotopic (exact) mass is 344 g/mol. The fraction of sp³-hybridized carbons (Fsp3) is 0.556. The topological polar surface area (TPSA) is 94.4 Å². The van der Waals surface area contributed by atoms with Crippen LogP contribution in [0.5, 0.6) is 0 Å². The molecular weight excluding hydrogens is 320 g/mol. The first-order valence-electron chi connectivity index (χ1n) is 8.95. The molecule has 2 aliphatic carbocycles. The number of hydrogen-bond acceptors (Lipinski definition) is 5. The Bertz CT molecular complexity index is 702. The molecule has 7 heteroatoms. The second kappa shape index (κ2) is 7.01. The Morgan fingerprint density at radius 2 is 2.20 bits per heavy atom. The van der Waals surface area contributed by atoms with Gasteiger partial charge in [0.2, 0.25) is 0 Å². The van der Waals surface area contributed by atoms with Crippen molar-refractivity contribution in [1.29, 1.82) is 0 Å². The van der Waals surface area contributed by atoms with E-state index in [1.54, 1.807) is 6.20 Å². The minimum atomic E-state index is -0.723. The molecule has 4 rings (SSSR count). The Morgan fingerprint density at radius 1 is 1.36 bits per heavy atom. The van der Waals surface area contributed by atoms with Crippen molar-refractivity contribution in [3.8, 4) is 11.5 Å². The van der Waals surface area contributed by atoms with E-state index in [4.69, 9.17) is 9.52 Å². The van der Waals surface area contributed by atoms with Gasteiger partial charge in [0.1, 0.15) is 11.5 Å². The fourth-order valence-corrected chi connectivity index (χ4v) is 3.46. The van der Waals surface area contributed by atoms with Gasteiger partial charge in [0.15, 0.2) is 5.76 Å². The molecule has 0 aromatic carbocycles. The van der Waals surface area contributed by atoms with Gasteiger partial charge in [-0.3, -0.25) is 14.8 Å². The lowest BCUT2D eigenvalue weighted by Crippen LogP contribution is -2.54. The van der Waals surface area contributed by atoms with E-state index in [1.165, 1.54) is 12.8 Å². The van der Waals surface area contributed by atoms with Crippen molar-refractivity contribution in [3.05, 3.63) is 30.2 Å². The third-order valence-electron chi connectivity index (χ3n) is 5.15. The van der Waals surface area contributed by atoms with Crippen LogP contribution in [0.4, 0.5) is 0 Å². The summed E-state index contributed by atoms with van der Waals surface area (Å²) in [7, 11) is 0. The van der Waals surface area contributed by atoms with Crippen molar-refractivity contribution in [2.45, 2.75) is 44.3 Å². The van der Waals surface area contributed by atoms with Gasteiger partial charge in [0.05, 0.1) is 13.1 Å². The molecule has 0 saturated heterocycles. The Morgan fingerprint density at radius 3 is 2.88 bits per heavy atom. The van der Waals surface area contributed by atoms with Gasteiger partial charge in [0.25, 0.3) is 0 Å². The first-order chi connectivity index (χ1) is 12.2. The van der Waals surface area contributed by atoms with E-state index in [-0.39, 0.29) is 6.54 Å². The average molecular weight is 344 g/mol. The van der Waals surface area contributed by atoms with Crippen LogP contribution in [0.2, 0.25) is 0 Å². The van der Waals surface area contributed by atoms with Crippen LogP contribution < -0.4 is 5.32 Å². The highest BCUT2D eigenvalue weighted by atomic mass is 16.4. The number of carboxylic acid groups (broad SMARTS) is 1. The Labute approximate surface area is 146 Å². The number of furan rings is 1. The predicted molar refractivity (Wildman–Crippen MR) is 91.9 cm³/mol. The zero-order chi connectivity index (χ0) is 17.2. The van der Waals surface area contributed by atoms with Crippen LogP contribution in [0.1, 0.15) is 31.4 Å². The minimum Gasteiger partial charge on any atom is -0.480 e. The third-order valence-corrected chi connectivity index (χ3v) is 5.15. The maximum atomic E-state index is 11.1. The molecule has 0 aliphatic heterocycles. The Kier molecular flexibility index (Phi) is 4.59. The highest BCUT2D eigenvalue weighted by Gasteiger charge is 2.36. The lowest BCUT2D eigenvalue weighted by Gasteiger charge is -2.42. The Balaban J connectivity index is 1.23. The van der Waals surface area contributed by atoms with Crippen LogP contribution >= 0.6 is 0 Å². The molecule has 2 heterocycles. The van der Waals surface area contributed by atoms with Crippen LogP contribution in [0, 0.1) is 5.92 Å². The zero-order valence-electron chi connectivity index (χ0n) is 14.1. The molecule has 0 spiro atoms. The zero-order valence-corrected chi connectivity index (χ0v) is 14.1. The van der Waals surface area contributed by atoms with E-state index < -0.39 is 5.97 Å². The molecular formula is C18H24N4O3. The summed E-state index contributed by atoms with van der Waals surface area (Å²) in [4.78, 5) is 13.2. The largest absolute Gasteiger partial charge is 0.480 e. The summed E-state index contributed by atoms with van der Waals surface area (Å²) in [6.07, 6.45) is 6.22. The summed E-state index contributed by atoms with van der Waals surface area (Å²) in [5.74, 6) is 1.68. The first kappa shape index (κ1) is 16.4. The van der Waals surface area contributed by atoms with Gasteiger partial charge in [0, 0.05) is 24.8 Å². The molecule has 0 unspecified atom stereocenters. The van der Waals surface area contributed by atoms with E-state index in [0.717, 1.165) is 42.5 Å². The average Bonchev–Trinajstić information content (AvgIpc) is 3.01. The second-order valence-corrected chi connectivity index (χ2v) is 7.21. The standard InChI is InChI=1S/C18H24N4O3/c23-18(24)11-22(10-12-1-2-12)14-7-13(8-14)19-9-15-3-4-17(25-15)16-5-6-20-21-16/h3-6,12-14,19H,1-2,7-11H2,(H,20,21)(H,23,24). The number of rotatable bonds is 9. The fourth-order valence-electron chi connectivity index (χ4n) is 3.46. The molecule has 7 nitrogen and oxygen atoms in total. The number of aliphatic carboxylic acids is 1. The number of hydrogen-bond donors (Lipinski definition) is 3. The molecule has 2 aliphatic rings. The number of H-pyrrole nitrogens is 1. The van der Waals surface area contributed by atoms with Crippen LogP contribution in [0.3, 0.4) is 0 Å². The van der Waals surface area contributed by atoms with Crippen molar-refractivity contribution in [2.24, 2.45) is 5.92 Å². The summed E-state index contributed by atoms with van der Waals surface area (Å²) in [6, 6.07) is 6.62. The van der Waals surface area contributed by atoms with Gasteiger partial charge in [-0.2, -0.15) is 5.10 Å². The van der Waals surface area contributed by atoms with Gasteiger partial charge >= 0.3 is 5.97 Å². The number of aromatic amines is 1. The molecule has 3 N–H and O–H groups in total. The molecule has 2 aromatic rings.